The molecule has 0 bridgehead atoms. The van der Waals surface area contributed by atoms with Crippen molar-refractivity contribution in [2.24, 2.45) is 5.92 Å². The van der Waals surface area contributed by atoms with Gasteiger partial charge < -0.3 is 10.1 Å². The first-order valence-electron chi connectivity index (χ1n) is 6.39. The van der Waals surface area contributed by atoms with E-state index in [1.54, 1.807) is 6.92 Å². The van der Waals surface area contributed by atoms with Crippen molar-refractivity contribution in [1.82, 2.24) is 9.62 Å². The van der Waals surface area contributed by atoms with E-state index in [2.05, 4.69) is 5.32 Å². The van der Waals surface area contributed by atoms with Crippen LogP contribution in [0, 0.1) is 5.92 Å². The molecule has 0 atom stereocenters. The number of rotatable bonds is 4. The van der Waals surface area contributed by atoms with Crippen LogP contribution in [0.25, 0.3) is 0 Å². The monoisotopic (exact) mass is 276 g/mol. The Bertz CT molecular complexity index is 397. The van der Waals surface area contributed by atoms with Gasteiger partial charge in [0.1, 0.15) is 0 Å². The zero-order valence-corrected chi connectivity index (χ0v) is 11.4. The second-order valence-corrected chi connectivity index (χ2v) is 7.07. The molecule has 0 aromatic rings. The molecule has 2 saturated heterocycles. The fourth-order valence-corrected chi connectivity index (χ4v) is 3.35. The molecule has 6 nitrogen and oxygen atoms in total. The fraction of sp³-hybridized carbons (Fsp3) is 0.909. The van der Waals surface area contributed by atoms with E-state index in [1.165, 1.54) is 4.31 Å². The molecule has 7 heteroatoms. The highest BCUT2D eigenvalue weighted by atomic mass is 32.2. The number of hydrogen-bond acceptors (Lipinski definition) is 4. The number of carbonyl (C=O) groups excluding carboxylic acids is 1. The third-order valence-electron chi connectivity index (χ3n) is 3.57. The number of nitrogens with one attached hydrogen (secondary N) is 1. The molecule has 0 radical (unpaired) electrons. The van der Waals surface area contributed by atoms with E-state index >= 15 is 0 Å². The van der Waals surface area contributed by atoms with E-state index < -0.39 is 10.0 Å². The Morgan fingerprint density at radius 1 is 1.33 bits per heavy atom. The first kappa shape index (κ1) is 13.8. The lowest BCUT2D eigenvalue weighted by molar-refractivity contribution is -0.130. The summed E-state index contributed by atoms with van der Waals surface area (Å²) in [6.07, 6.45) is 1.22. The number of hydrogen-bond donors (Lipinski definition) is 1. The minimum atomic E-state index is -3.11. The Morgan fingerprint density at radius 2 is 1.94 bits per heavy atom. The van der Waals surface area contributed by atoms with E-state index in [-0.39, 0.29) is 23.6 Å². The molecular weight excluding hydrogens is 256 g/mol. The molecule has 18 heavy (non-hydrogen) atoms. The summed E-state index contributed by atoms with van der Waals surface area (Å²) in [5, 5.41) is 2.92. The van der Waals surface area contributed by atoms with Crippen molar-refractivity contribution in [1.29, 1.82) is 0 Å². The number of ether oxygens (including phenoxy) is 1. The van der Waals surface area contributed by atoms with Crippen LogP contribution in [0.2, 0.25) is 0 Å². The molecule has 0 aromatic heterocycles. The highest BCUT2D eigenvalue weighted by Gasteiger charge is 2.31. The van der Waals surface area contributed by atoms with Crippen molar-refractivity contribution >= 4 is 15.9 Å². The topological polar surface area (TPSA) is 75.7 Å². The summed E-state index contributed by atoms with van der Waals surface area (Å²) in [6.45, 7) is 3.74. The molecule has 2 aliphatic heterocycles. The minimum Gasteiger partial charge on any atom is -0.377 e. The largest absolute Gasteiger partial charge is 0.377 e. The fourth-order valence-electron chi connectivity index (χ4n) is 2.22. The third-order valence-corrected chi connectivity index (χ3v) is 5.45. The van der Waals surface area contributed by atoms with Crippen LogP contribution >= 0.6 is 0 Å². The zero-order valence-electron chi connectivity index (χ0n) is 10.6. The summed E-state index contributed by atoms with van der Waals surface area (Å²) in [6, 6.07) is 0.148. The lowest BCUT2D eigenvalue weighted by atomic mass is 9.97. The molecule has 2 rings (SSSR count). The Labute approximate surface area is 108 Å². The number of sulfonamides is 1. The van der Waals surface area contributed by atoms with Crippen molar-refractivity contribution in [2.75, 3.05) is 32.1 Å². The normalized spacial score (nSPS) is 23.6. The van der Waals surface area contributed by atoms with Gasteiger partial charge in [0, 0.05) is 19.0 Å². The lowest BCUT2D eigenvalue weighted by Gasteiger charge is -2.33. The third kappa shape index (κ3) is 3.02. The van der Waals surface area contributed by atoms with Gasteiger partial charge >= 0.3 is 0 Å². The van der Waals surface area contributed by atoms with Crippen LogP contribution in [0.1, 0.15) is 19.8 Å². The van der Waals surface area contributed by atoms with Gasteiger partial charge in [-0.3, -0.25) is 4.79 Å². The zero-order chi connectivity index (χ0) is 13.2. The molecular formula is C11H20N2O4S. The van der Waals surface area contributed by atoms with E-state index in [9.17, 15) is 13.2 Å². The molecule has 0 unspecified atom stereocenters. The van der Waals surface area contributed by atoms with Crippen molar-refractivity contribution < 1.29 is 17.9 Å². The molecule has 0 aromatic carbocycles. The molecule has 2 fully saturated rings. The van der Waals surface area contributed by atoms with Crippen LogP contribution in [0.5, 0.6) is 0 Å². The second-order valence-electron chi connectivity index (χ2n) is 4.82. The van der Waals surface area contributed by atoms with Gasteiger partial charge in [-0.05, 0) is 19.8 Å². The maximum atomic E-state index is 11.9. The number of piperidine rings is 1. The van der Waals surface area contributed by atoms with Crippen LogP contribution in [-0.4, -0.2) is 56.7 Å². The molecule has 2 heterocycles. The van der Waals surface area contributed by atoms with Crippen LogP contribution in [0.3, 0.4) is 0 Å². The van der Waals surface area contributed by atoms with Gasteiger partial charge in [-0.25, -0.2) is 12.7 Å². The van der Waals surface area contributed by atoms with Gasteiger partial charge in [0.15, 0.2) is 0 Å². The molecule has 0 spiro atoms. The summed E-state index contributed by atoms with van der Waals surface area (Å²) in [5.74, 6) is 0.106. The SMILES string of the molecule is CCS(=O)(=O)N1CCC(C(=O)NC2COC2)CC1. The van der Waals surface area contributed by atoms with Crippen molar-refractivity contribution in [2.45, 2.75) is 25.8 Å². The average molecular weight is 276 g/mol. The Balaban J connectivity index is 1.80. The Hall–Kier alpha value is -0.660. The van der Waals surface area contributed by atoms with E-state index in [4.69, 9.17) is 4.74 Å². The van der Waals surface area contributed by atoms with Crippen molar-refractivity contribution in [3.05, 3.63) is 0 Å². The summed E-state index contributed by atoms with van der Waals surface area (Å²) in [7, 11) is -3.11. The first-order valence-corrected chi connectivity index (χ1v) is 8.00. The quantitative estimate of drug-likeness (QED) is 0.755. The van der Waals surface area contributed by atoms with Crippen molar-refractivity contribution in [3.8, 4) is 0 Å². The van der Waals surface area contributed by atoms with E-state index in [0.29, 0.717) is 39.1 Å². The molecule has 1 amide bonds. The highest BCUT2D eigenvalue weighted by molar-refractivity contribution is 7.89. The predicted octanol–water partition coefficient (Wildman–Crippen LogP) is -0.437. The smallest absolute Gasteiger partial charge is 0.223 e. The van der Waals surface area contributed by atoms with E-state index in [0.717, 1.165) is 0 Å². The average Bonchev–Trinajstić information content (AvgIpc) is 2.33. The van der Waals surface area contributed by atoms with Gasteiger partial charge in [-0.1, -0.05) is 0 Å². The predicted molar refractivity (Wildman–Crippen MR) is 66.5 cm³/mol. The minimum absolute atomic E-state index is 0.0387. The molecule has 1 N–H and O–H groups in total. The standard InChI is InChI=1S/C11H20N2O4S/c1-2-18(15,16)13-5-3-9(4-6-13)11(14)12-10-7-17-8-10/h9-10H,2-8H2,1H3,(H,12,14). The molecule has 2 aliphatic rings. The Kier molecular flexibility index (Phi) is 4.24. The number of nitrogens with zero attached hydrogens (tertiary/aromatic N) is 1. The van der Waals surface area contributed by atoms with Gasteiger partial charge in [-0.15, -0.1) is 0 Å². The van der Waals surface area contributed by atoms with Gasteiger partial charge in [0.2, 0.25) is 15.9 Å². The van der Waals surface area contributed by atoms with Crippen LogP contribution in [-0.2, 0) is 19.6 Å². The second kappa shape index (κ2) is 5.54. The molecule has 0 saturated carbocycles. The number of amides is 1. The van der Waals surface area contributed by atoms with Gasteiger partial charge in [0.05, 0.1) is 25.0 Å². The Morgan fingerprint density at radius 3 is 2.39 bits per heavy atom. The van der Waals surface area contributed by atoms with Crippen LogP contribution in [0.4, 0.5) is 0 Å². The van der Waals surface area contributed by atoms with Crippen LogP contribution < -0.4 is 5.32 Å². The summed E-state index contributed by atoms with van der Waals surface area (Å²) in [4.78, 5) is 11.9. The first-order chi connectivity index (χ1) is 8.53. The lowest BCUT2D eigenvalue weighted by Crippen LogP contribution is -2.52. The maximum Gasteiger partial charge on any atom is 0.223 e. The summed E-state index contributed by atoms with van der Waals surface area (Å²) in [5.41, 5.74) is 0. The highest BCUT2D eigenvalue weighted by Crippen LogP contribution is 2.20. The molecule has 104 valence electrons. The number of carbonyl (C=O) groups is 1. The molecule has 0 aliphatic carbocycles. The van der Waals surface area contributed by atoms with E-state index in [1.807, 2.05) is 0 Å². The van der Waals surface area contributed by atoms with Gasteiger partial charge in [-0.2, -0.15) is 0 Å². The summed E-state index contributed by atoms with van der Waals surface area (Å²) < 4.78 is 29.8. The van der Waals surface area contributed by atoms with Crippen LogP contribution in [0.15, 0.2) is 0 Å². The maximum absolute atomic E-state index is 11.9. The summed E-state index contributed by atoms with van der Waals surface area (Å²) >= 11 is 0. The van der Waals surface area contributed by atoms with Gasteiger partial charge in [0.25, 0.3) is 0 Å². The van der Waals surface area contributed by atoms with Crippen molar-refractivity contribution in [3.63, 3.8) is 0 Å².